The van der Waals surface area contributed by atoms with E-state index >= 15 is 0 Å². The molecular formula is C13H16BrN3O2. The molecule has 0 aliphatic carbocycles. The van der Waals surface area contributed by atoms with Crippen LogP contribution in [0.1, 0.15) is 25.3 Å². The summed E-state index contributed by atoms with van der Waals surface area (Å²) < 4.78 is 0.883. The topological polar surface area (TPSA) is 62.3 Å². The molecule has 102 valence electrons. The van der Waals surface area contributed by atoms with Crippen molar-refractivity contribution in [2.75, 3.05) is 6.54 Å². The summed E-state index contributed by atoms with van der Waals surface area (Å²) in [6, 6.07) is 1.52. The van der Waals surface area contributed by atoms with E-state index in [2.05, 4.69) is 26.2 Å². The van der Waals surface area contributed by atoms with E-state index in [1.807, 2.05) is 13.0 Å². The molecule has 1 aromatic rings. The van der Waals surface area contributed by atoms with Crippen LogP contribution in [-0.4, -0.2) is 34.3 Å². The van der Waals surface area contributed by atoms with E-state index < -0.39 is 6.04 Å². The number of carbonyl (C=O) groups excluding carboxylic acids is 2. The fourth-order valence-corrected chi connectivity index (χ4v) is 2.50. The highest BCUT2D eigenvalue weighted by atomic mass is 79.9. The van der Waals surface area contributed by atoms with E-state index in [1.54, 1.807) is 17.3 Å². The zero-order chi connectivity index (χ0) is 13.8. The number of nitrogens with zero attached hydrogens (tertiary/aromatic N) is 2. The molecule has 0 aromatic carbocycles. The molecule has 0 spiro atoms. The summed E-state index contributed by atoms with van der Waals surface area (Å²) in [5.74, 6) is -0.0802. The summed E-state index contributed by atoms with van der Waals surface area (Å²) in [5, 5.41) is 2.75. The number of halogens is 1. The zero-order valence-corrected chi connectivity index (χ0v) is 12.3. The van der Waals surface area contributed by atoms with Gasteiger partial charge in [-0.3, -0.25) is 14.6 Å². The van der Waals surface area contributed by atoms with Crippen LogP contribution in [-0.2, 0) is 16.1 Å². The van der Waals surface area contributed by atoms with Gasteiger partial charge in [0.2, 0.25) is 11.8 Å². The van der Waals surface area contributed by atoms with Gasteiger partial charge >= 0.3 is 0 Å². The van der Waals surface area contributed by atoms with Crippen molar-refractivity contribution >= 4 is 27.7 Å². The highest BCUT2D eigenvalue weighted by Crippen LogP contribution is 2.14. The minimum absolute atomic E-state index is 0.0201. The van der Waals surface area contributed by atoms with Crippen molar-refractivity contribution in [3.63, 3.8) is 0 Å². The number of pyridine rings is 1. The summed E-state index contributed by atoms with van der Waals surface area (Å²) in [4.78, 5) is 29.6. The van der Waals surface area contributed by atoms with Gasteiger partial charge in [-0.1, -0.05) is 6.92 Å². The number of aromatic nitrogens is 1. The lowest BCUT2D eigenvalue weighted by atomic mass is 10.2. The van der Waals surface area contributed by atoms with Crippen LogP contribution >= 0.6 is 15.9 Å². The first-order chi connectivity index (χ1) is 9.10. The Labute approximate surface area is 120 Å². The van der Waals surface area contributed by atoms with Crippen LogP contribution in [0.3, 0.4) is 0 Å². The Hall–Kier alpha value is -1.43. The van der Waals surface area contributed by atoms with E-state index in [0.717, 1.165) is 10.0 Å². The fourth-order valence-electron chi connectivity index (χ4n) is 2.09. The monoisotopic (exact) mass is 325 g/mol. The highest BCUT2D eigenvalue weighted by molar-refractivity contribution is 9.10. The van der Waals surface area contributed by atoms with Gasteiger partial charge in [0, 0.05) is 36.4 Å². The van der Waals surface area contributed by atoms with Crippen LogP contribution in [0.5, 0.6) is 0 Å². The van der Waals surface area contributed by atoms with Crippen molar-refractivity contribution in [2.45, 2.75) is 32.4 Å². The quantitative estimate of drug-likeness (QED) is 0.915. The lowest BCUT2D eigenvalue weighted by Crippen LogP contribution is -2.43. The van der Waals surface area contributed by atoms with Crippen molar-refractivity contribution in [1.29, 1.82) is 0 Å². The third kappa shape index (κ3) is 3.53. The molecular weight excluding hydrogens is 310 g/mol. The summed E-state index contributed by atoms with van der Waals surface area (Å²) in [6.07, 6.45) is 4.40. The van der Waals surface area contributed by atoms with Gasteiger partial charge in [0.05, 0.1) is 0 Å². The Balaban J connectivity index is 2.13. The van der Waals surface area contributed by atoms with Gasteiger partial charge in [-0.2, -0.15) is 0 Å². The molecule has 1 atom stereocenters. The van der Waals surface area contributed by atoms with E-state index in [0.29, 0.717) is 25.9 Å². The van der Waals surface area contributed by atoms with Crippen molar-refractivity contribution < 1.29 is 9.59 Å². The normalized spacial score (nSPS) is 20.1. The second-order valence-electron chi connectivity index (χ2n) is 4.55. The van der Waals surface area contributed by atoms with Crippen LogP contribution in [0.25, 0.3) is 0 Å². The standard InChI is InChI=1S/C13H16BrN3O2/c1-2-11-13(19)17(4-3-12(18)16-11)8-9-5-10(14)7-15-6-9/h5-7,11H,2-4,8H2,1H3,(H,16,18). The predicted molar refractivity (Wildman–Crippen MR) is 74.2 cm³/mol. The number of carbonyl (C=O) groups is 2. The van der Waals surface area contributed by atoms with Crippen LogP contribution in [0.15, 0.2) is 22.9 Å². The predicted octanol–water partition coefficient (Wildman–Crippen LogP) is 1.47. The summed E-state index contributed by atoms with van der Waals surface area (Å²) >= 11 is 3.36. The second kappa shape index (κ2) is 6.14. The van der Waals surface area contributed by atoms with E-state index in [9.17, 15) is 9.59 Å². The maximum Gasteiger partial charge on any atom is 0.245 e. The van der Waals surface area contributed by atoms with Crippen molar-refractivity contribution in [2.24, 2.45) is 0 Å². The molecule has 1 saturated heterocycles. The molecule has 1 N–H and O–H groups in total. The average Bonchev–Trinajstić information content (AvgIpc) is 2.52. The van der Waals surface area contributed by atoms with Gasteiger partial charge in [0.15, 0.2) is 0 Å². The van der Waals surface area contributed by atoms with Crippen molar-refractivity contribution in [3.05, 3.63) is 28.5 Å². The van der Waals surface area contributed by atoms with Crippen LogP contribution in [0, 0.1) is 0 Å². The number of rotatable bonds is 3. The minimum Gasteiger partial charge on any atom is -0.344 e. The number of hydrogen-bond donors (Lipinski definition) is 1. The molecule has 0 saturated carbocycles. The van der Waals surface area contributed by atoms with Gasteiger partial charge in [0.1, 0.15) is 6.04 Å². The highest BCUT2D eigenvalue weighted by Gasteiger charge is 2.28. The molecule has 2 rings (SSSR count). The molecule has 1 aromatic heterocycles. The molecule has 6 heteroatoms. The smallest absolute Gasteiger partial charge is 0.245 e. The number of amides is 2. The lowest BCUT2D eigenvalue weighted by Gasteiger charge is -2.23. The minimum atomic E-state index is -0.407. The first-order valence-corrected chi connectivity index (χ1v) is 7.07. The Morgan fingerprint density at radius 1 is 1.47 bits per heavy atom. The molecule has 0 radical (unpaired) electrons. The van der Waals surface area contributed by atoms with Gasteiger partial charge < -0.3 is 10.2 Å². The molecule has 2 amide bonds. The van der Waals surface area contributed by atoms with E-state index in [-0.39, 0.29) is 11.8 Å². The van der Waals surface area contributed by atoms with Gasteiger partial charge in [0.25, 0.3) is 0 Å². The lowest BCUT2D eigenvalue weighted by molar-refractivity contribution is -0.134. The molecule has 1 aliphatic rings. The molecule has 1 aliphatic heterocycles. The first kappa shape index (κ1) is 14.0. The number of nitrogens with one attached hydrogen (secondary N) is 1. The molecule has 19 heavy (non-hydrogen) atoms. The van der Waals surface area contributed by atoms with Gasteiger partial charge in [-0.15, -0.1) is 0 Å². The maximum absolute atomic E-state index is 12.3. The average molecular weight is 326 g/mol. The van der Waals surface area contributed by atoms with E-state index in [1.165, 1.54) is 0 Å². The Bertz CT molecular complexity index is 493. The van der Waals surface area contributed by atoms with Crippen molar-refractivity contribution in [3.8, 4) is 0 Å². The Morgan fingerprint density at radius 3 is 2.95 bits per heavy atom. The number of hydrogen-bond acceptors (Lipinski definition) is 3. The fraction of sp³-hybridized carbons (Fsp3) is 0.462. The largest absolute Gasteiger partial charge is 0.344 e. The third-order valence-electron chi connectivity index (χ3n) is 3.10. The maximum atomic E-state index is 12.3. The summed E-state index contributed by atoms with van der Waals surface area (Å²) in [5.41, 5.74) is 0.951. The molecule has 0 bridgehead atoms. The SMILES string of the molecule is CCC1NC(=O)CCN(Cc2cncc(Br)c2)C1=O. The Morgan fingerprint density at radius 2 is 2.26 bits per heavy atom. The summed E-state index contributed by atoms with van der Waals surface area (Å²) in [7, 11) is 0. The van der Waals surface area contributed by atoms with Crippen LogP contribution in [0.4, 0.5) is 0 Å². The van der Waals surface area contributed by atoms with E-state index in [4.69, 9.17) is 0 Å². The summed E-state index contributed by atoms with van der Waals surface area (Å²) in [6.45, 7) is 2.83. The first-order valence-electron chi connectivity index (χ1n) is 6.27. The van der Waals surface area contributed by atoms with Crippen LogP contribution < -0.4 is 5.32 Å². The van der Waals surface area contributed by atoms with Gasteiger partial charge in [-0.25, -0.2) is 0 Å². The molecule has 2 heterocycles. The molecule has 1 unspecified atom stereocenters. The second-order valence-corrected chi connectivity index (χ2v) is 5.47. The third-order valence-corrected chi connectivity index (χ3v) is 3.53. The zero-order valence-electron chi connectivity index (χ0n) is 10.7. The van der Waals surface area contributed by atoms with Crippen molar-refractivity contribution in [1.82, 2.24) is 15.2 Å². The Kier molecular flexibility index (Phi) is 4.52. The van der Waals surface area contributed by atoms with Gasteiger partial charge in [-0.05, 0) is 34.0 Å². The van der Waals surface area contributed by atoms with Crippen LogP contribution in [0.2, 0.25) is 0 Å². The molecule has 1 fully saturated rings. The molecule has 5 nitrogen and oxygen atoms in total.